The highest BCUT2D eigenvalue weighted by atomic mass is 16.4. The average Bonchev–Trinajstić information content (AvgIpc) is 2.96. The topological polar surface area (TPSA) is 53.7 Å². The second-order valence-electron chi connectivity index (χ2n) is 4.77. The number of carboxylic acids is 1. The van der Waals surface area contributed by atoms with E-state index in [0.29, 0.717) is 5.58 Å². The van der Waals surface area contributed by atoms with Gasteiger partial charge in [-0.05, 0) is 49.7 Å². The number of aromatic carboxylic acids is 1. The van der Waals surface area contributed by atoms with Gasteiger partial charge in [-0.1, -0.05) is 6.07 Å². The monoisotopic (exact) mass is 245 g/mol. The van der Waals surface area contributed by atoms with Gasteiger partial charge in [-0.15, -0.1) is 0 Å². The molecule has 1 aliphatic heterocycles. The van der Waals surface area contributed by atoms with Crippen LogP contribution in [0.3, 0.4) is 0 Å². The van der Waals surface area contributed by atoms with Gasteiger partial charge in [-0.25, -0.2) is 4.79 Å². The van der Waals surface area contributed by atoms with Crippen LogP contribution in [-0.4, -0.2) is 29.1 Å². The Kier molecular flexibility index (Phi) is 2.80. The van der Waals surface area contributed by atoms with Crippen LogP contribution in [0, 0.1) is 0 Å². The van der Waals surface area contributed by atoms with Crippen molar-refractivity contribution in [1.82, 2.24) is 4.90 Å². The lowest BCUT2D eigenvalue weighted by atomic mass is 10.1. The minimum Gasteiger partial charge on any atom is -0.475 e. The quantitative estimate of drug-likeness (QED) is 0.903. The number of likely N-dealkylation sites (tertiary alicyclic amines) is 1. The fourth-order valence-corrected chi connectivity index (χ4v) is 2.50. The summed E-state index contributed by atoms with van der Waals surface area (Å²) in [4.78, 5) is 13.2. The Balaban J connectivity index is 1.87. The highest BCUT2D eigenvalue weighted by Gasteiger charge is 2.14. The maximum Gasteiger partial charge on any atom is 0.371 e. The van der Waals surface area contributed by atoms with Crippen LogP contribution in [0.25, 0.3) is 11.0 Å². The van der Waals surface area contributed by atoms with Gasteiger partial charge in [-0.3, -0.25) is 4.90 Å². The Morgan fingerprint density at radius 3 is 2.78 bits per heavy atom. The van der Waals surface area contributed by atoms with E-state index in [1.807, 2.05) is 18.2 Å². The molecule has 18 heavy (non-hydrogen) atoms. The van der Waals surface area contributed by atoms with E-state index in [2.05, 4.69) is 4.90 Å². The minimum absolute atomic E-state index is 0.00308. The molecule has 0 saturated carbocycles. The molecular weight excluding hydrogens is 230 g/mol. The Bertz CT molecular complexity index is 582. The summed E-state index contributed by atoms with van der Waals surface area (Å²) in [5, 5.41) is 9.75. The minimum atomic E-state index is -1.02. The van der Waals surface area contributed by atoms with Crippen molar-refractivity contribution in [3.63, 3.8) is 0 Å². The summed E-state index contributed by atoms with van der Waals surface area (Å²) in [6.45, 7) is 3.25. The lowest BCUT2D eigenvalue weighted by molar-refractivity contribution is 0.0665. The number of rotatable bonds is 3. The number of nitrogens with zero attached hydrogens (tertiary/aromatic N) is 1. The molecule has 2 aromatic rings. The molecule has 1 aliphatic rings. The lowest BCUT2D eigenvalue weighted by Crippen LogP contribution is -2.18. The number of carboxylic acid groups (broad SMARTS) is 1. The molecule has 4 nitrogen and oxygen atoms in total. The molecule has 4 heteroatoms. The number of furan rings is 1. The van der Waals surface area contributed by atoms with Crippen molar-refractivity contribution in [3.8, 4) is 0 Å². The molecule has 0 unspecified atom stereocenters. The van der Waals surface area contributed by atoms with Gasteiger partial charge in [0.1, 0.15) is 5.58 Å². The fraction of sp³-hybridized carbons (Fsp3) is 0.357. The molecule has 2 heterocycles. The summed E-state index contributed by atoms with van der Waals surface area (Å²) in [6.07, 6.45) is 2.55. The molecule has 0 bridgehead atoms. The zero-order valence-electron chi connectivity index (χ0n) is 10.1. The molecule has 0 spiro atoms. The maximum atomic E-state index is 10.8. The predicted octanol–water partition coefficient (Wildman–Crippen LogP) is 2.73. The number of fused-ring (bicyclic) bond motifs is 1. The molecule has 1 aromatic heterocycles. The third kappa shape index (κ3) is 2.11. The zero-order chi connectivity index (χ0) is 12.5. The fourth-order valence-electron chi connectivity index (χ4n) is 2.50. The summed E-state index contributed by atoms with van der Waals surface area (Å²) >= 11 is 0. The first kappa shape index (κ1) is 11.3. The number of carbonyl (C=O) groups is 1. The summed E-state index contributed by atoms with van der Waals surface area (Å²) in [5.74, 6) is -1.02. The molecule has 0 aliphatic carbocycles. The van der Waals surface area contributed by atoms with Crippen molar-refractivity contribution < 1.29 is 14.3 Å². The summed E-state index contributed by atoms with van der Waals surface area (Å²) in [7, 11) is 0. The van der Waals surface area contributed by atoms with Crippen molar-refractivity contribution in [2.45, 2.75) is 19.4 Å². The molecule has 1 N–H and O–H groups in total. The molecular formula is C14H15NO3. The van der Waals surface area contributed by atoms with E-state index < -0.39 is 5.97 Å². The largest absolute Gasteiger partial charge is 0.475 e. The van der Waals surface area contributed by atoms with Crippen molar-refractivity contribution in [2.24, 2.45) is 0 Å². The van der Waals surface area contributed by atoms with Gasteiger partial charge in [-0.2, -0.15) is 0 Å². The molecule has 0 radical (unpaired) electrons. The van der Waals surface area contributed by atoms with Crippen LogP contribution in [0.2, 0.25) is 0 Å². The molecule has 1 saturated heterocycles. The van der Waals surface area contributed by atoms with Gasteiger partial charge in [0.05, 0.1) is 0 Å². The Labute approximate surface area is 105 Å². The molecule has 94 valence electrons. The Hall–Kier alpha value is -1.81. The normalized spacial score (nSPS) is 16.4. The van der Waals surface area contributed by atoms with Crippen LogP contribution in [0.1, 0.15) is 29.0 Å². The van der Waals surface area contributed by atoms with Crippen LogP contribution in [0.5, 0.6) is 0 Å². The molecule has 0 amide bonds. The maximum absolute atomic E-state index is 10.8. The predicted molar refractivity (Wildman–Crippen MR) is 67.7 cm³/mol. The first-order chi connectivity index (χ1) is 8.72. The van der Waals surface area contributed by atoms with Crippen molar-refractivity contribution >= 4 is 16.9 Å². The van der Waals surface area contributed by atoms with Crippen LogP contribution in [0.15, 0.2) is 28.7 Å². The Morgan fingerprint density at radius 1 is 1.28 bits per heavy atom. The van der Waals surface area contributed by atoms with Gasteiger partial charge in [0, 0.05) is 11.9 Å². The van der Waals surface area contributed by atoms with Crippen LogP contribution in [-0.2, 0) is 6.54 Å². The van der Waals surface area contributed by atoms with Gasteiger partial charge in [0.25, 0.3) is 0 Å². The number of benzene rings is 1. The molecule has 3 rings (SSSR count). The van der Waals surface area contributed by atoms with Gasteiger partial charge >= 0.3 is 5.97 Å². The first-order valence-corrected chi connectivity index (χ1v) is 6.20. The number of hydrogen-bond donors (Lipinski definition) is 1. The van der Waals surface area contributed by atoms with E-state index in [1.165, 1.54) is 18.4 Å². The van der Waals surface area contributed by atoms with Crippen LogP contribution in [0.4, 0.5) is 0 Å². The smallest absolute Gasteiger partial charge is 0.371 e. The third-order valence-electron chi connectivity index (χ3n) is 3.40. The van der Waals surface area contributed by atoms with E-state index >= 15 is 0 Å². The average molecular weight is 245 g/mol. The van der Waals surface area contributed by atoms with Gasteiger partial charge in [0.2, 0.25) is 5.76 Å². The van der Waals surface area contributed by atoms with E-state index in [9.17, 15) is 4.79 Å². The Morgan fingerprint density at radius 2 is 2.06 bits per heavy atom. The van der Waals surface area contributed by atoms with E-state index in [1.54, 1.807) is 6.07 Å². The van der Waals surface area contributed by atoms with Gasteiger partial charge in [0.15, 0.2) is 0 Å². The lowest BCUT2D eigenvalue weighted by Gasteiger charge is -2.14. The third-order valence-corrected chi connectivity index (χ3v) is 3.40. The zero-order valence-corrected chi connectivity index (χ0v) is 10.1. The van der Waals surface area contributed by atoms with E-state index in [-0.39, 0.29) is 5.76 Å². The second kappa shape index (κ2) is 4.46. The highest BCUT2D eigenvalue weighted by molar-refractivity contribution is 5.91. The summed E-state index contributed by atoms with van der Waals surface area (Å²) < 4.78 is 5.24. The van der Waals surface area contributed by atoms with Crippen molar-refractivity contribution in [3.05, 3.63) is 35.6 Å². The second-order valence-corrected chi connectivity index (χ2v) is 4.77. The summed E-state index contributed by atoms with van der Waals surface area (Å²) in [6, 6.07) is 7.47. The standard InChI is InChI=1S/C14H15NO3/c16-14(17)13-8-11-7-10(3-4-12(11)18-13)9-15-5-1-2-6-15/h3-4,7-8H,1-2,5-6,9H2,(H,16,17). The SMILES string of the molecule is O=C(O)c1cc2cc(CN3CCCC3)ccc2o1. The number of hydrogen-bond acceptors (Lipinski definition) is 3. The molecule has 0 atom stereocenters. The summed E-state index contributed by atoms with van der Waals surface area (Å²) in [5.41, 5.74) is 1.85. The highest BCUT2D eigenvalue weighted by Crippen LogP contribution is 2.22. The first-order valence-electron chi connectivity index (χ1n) is 6.20. The van der Waals surface area contributed by atoms with Crippen molar-refractivity contribution in [1.29, 1.82) is 0 Å². The molecule has 1 fully saturated rings. The van der Waals surface area contributed by atoms with Crippen LogP contribution >= 0.6 is 0 Å². The van der Waals surface area contributed by atoms with Gasteiger partial charge < -0.3 is 9.52 Å². The van der Waals surface area contributed by atoms with Crippen LogP contribution < -0.4 is 0 Å². The molecule has 1 aromatic carbocycles. The van der Waals surface area contributed by atoms with E-state index in [4.69, 9.17) is 9.52 Å². The van der Waals surface area contributed by atoms with E-state index in [0.717, 1.165) is 25.0 Å². The van der Waals surface area contributed by atoms with Crippen molar-refractivity contribution in [2.75, 3.05) is 13.1 Å².